The summed E-state index contributed by atoms with van der Waals surface area (Å²) in [5.74, 6) is 0.473. The van der Waals surface area contributed by atoms with Crippen molar-refractivity contribution in [3.8, 4) is 0 Å². The lowest BCUT2D eigenvalue weighted by atomic mass is 10.2. The number of furan rings is 1. The maximum Gasteiger partial charge on any atom is 0.224 e. The van der Waals surface area contributed by atoms with Crippen LogP contribution in [0.2, 0.25) is 5.28 Å². The molecule has 0 bridgehead atoms. The Morgan fingerprint density at radius 2 is 2.29 bits per heavy atom. The third-order valence-corrected chi connectivity index (χ3v) is 2.61. The predicted octanol–water partition coefficient (Wildman–Crippen LogP) is 2.81. The molecule has 0 spiro atoms. The molecule has 2 aromatic rings. The number of aryl methyl sites for hydroxylation is 1. The van der Waals surface area contributed by atoms with Gasteiger partial charge in [0.2, 0.25) is 5.28 Å². The summed E-state index contributed by atoms with van der Waals surface area (Å²) in [6, 6.07) is 1.84. The lowest BCUT2D eigenvalue weighted by Gasteiger charge is -2.17. The highest BCUT2D eigenvalue weighted by molar-refractivity contribution is 6.28. The van der Waals surface area contributed by atoms with Crippen LogP contribution in [-0.4, -0.2) is 17.0 Å². The predicted molar refractivity (Wildman–Crippen MR) is 62.6 cm³/mol. The van der Waals surface area contributed by atoms with Crippen molar-refractivity contribution < 1.29 is 8.81 Å². The maximum atomic E-state index is 13.5. The number of nitrogens with zero attached hydrogens (tertiary/aromatic N) is 3. The summed E-state index contributed by atoms with van der Waals surface area (Å²) >= 11 is 5.64. The highest BCUT2D eigenvalue weighted by Crippen LogP contribution is 2.19. The number of rotatable bonds is 3. The van der Waals surface area contributed by atoms with Gasteiger partial charge in [0.15, 0.2) is 11.6 Å². The fourth-order valence-electron chi connectivity index (χ4n) is 1.51. The molecular weight excluding hydrogens is 245 g/mol. The third-order valence-electron chi connectivity index (χ3n) is 2.43. The van der Waals surface area contributed by atoms with Gasteiger partial charge in [0.05, 0.1) is 12.5 Å². The van der Waals surface area contributed by atoms with Crippen LogP contribution in [0.1, 0.15) is 11.3 Å². The molecule has 2 heterocycles. The van der Waals surface area contributed by atoms with E-state index in [-0.39, 0.29) is 11.1 Å². The summed E-state index contributed by atoms with van der Waals surface area (Å²) < 4.78 is 18.7. The minimum Gasteiger partial charge on any atom is -0.469 e. The van der Waals surface area contributed by atoms with Crippen molar-refractivity contribution in [2.45, 2.75) is 13.5 Å². The largest absolute Gasteiger partial charge is 0.469 e. The number of aromatic nitrogens is 2. The van der Waals surface area contributed by atoms with Crippen LogP contribution in [0.15, 0.2) is 22.9 Å². The van der Waals surface area contributed by atoms with Gasteiger partial charge in [0, 0.05) is 19.2 Å². The summed E-state index contributed by atoms with van der Waals surface area (Å²) in [5, 5.41) is 0.0252. The number of hydrogen-bond acceptors (Lipinski definition) is 4. The van der Waals surface area contributed by atoms with E-state index in [4.69, 9.17) is 16.0 Å². The topological polar surface area (TPSA) is 42.2 Å². The molecule has 0 N–H and O–H groups in total. The Hall–Kier alpha value is -1.62. The van der Waals surface area contributed by atoms with Crippen LogP contribution in [0.25, 0.3) is 0 Å². The normalized spacial score (nSPS) is 10.6. The zero-order valence-electron chi connectivity index (χ0n) is 9.44. The molecule has 6 heteroatoms. The Balaban J connectivity index is 2.23. The van der Waals surface area contributed by atoms with Crippen LogP contribution in [-0.2, 0) is 6.54 Å². The molecule has 0 aromatic carbocycles. The highest BCUT2D eigenvalue weighted by Gasteiger charge is 2.13. The van der Waals surface area contributed by atoms with Gasteiger partial charge in [0.1, 0.15) is 5.76 Å². The minimum atomic E-state index is -0.502. The van der Waals surface area contributed by atoms with Gasteiger partial charge in [-0.05, 0) is 24.6 Å². The molecule has 0 unspecified atom stereocenters. The summed E-state index contributed by atoms with van der Waals surface area (Å²) in [7, 11) is 1.73. The third kappa shape index (κ3) is 2.55. The van der Waals surface area contributed by atoms with Gasteiger partial charge in [-0.15, -0.1) is 0 Å². The van der Waals surface area contributed by atoms with Crippen LogP contribution in [0.5, 0.6) is 0 Å². The van der Waals surface area contributed by atoms with Gasteiger partial charge in [-0.1, -0.05) is 0 Å². The van der Waals surface area contributed by atoms with Crippen molar-refractivity contribution in [2.24, 2.45) is 0 Å². The second-order valence-electron chi connectivity index (χ2n) is 3.67. The second-order valence-corrected chi connectivity index (χ2v) is 4.01. The van der Waals surface area contributed by atoms with Gasteiger partial charge < -0.3 is 9.32 Å². The molecule has 0 aliphatic heterocycles. The first kappa shape index (κ1) is 11.9. The van der Waals surface area contributed by atoms with Crippen molar-refractivity contribution in [3.05, 3.63) is 41.0 Å². The van der Waals surface area contributed by atoms with Gasteiger partial charge in [-0.25, -0.2) is 9.37 Å². The Morgan fingerprint density at radius 3 is 2.94 bits per heavy atom. The van der Waals surface area contributed by atoms with Crippen molar-refractivity contribution >= 4 is 17.4 Å². The molecule has 0 aliphatic carbocycles. The number of halogens is 2. The van der Waals surface area contributed by atoms with E-state index in [0.29, 0.717) is 6.54 Å². The van der Waals surface area contributed by atoms with E-state index in [1.165, 1.54) is 0 Å². The first-order valence-corrected chi connectivity index (χ1v) is 5.38. The van der Waals surface area contributed by atoms with E-state index in [2.05, 4.69) is 9.97 Å². The van der Waals surface area contributed by atoms with Crippen molar-refractivity contribution in [2.75, 3.05) is 11.9 Å². The Labute approximate surface area is 103 Å². The average molecular weight is 256 g/mol. The lowest BCUT2D eigenvalue weighted by Crippen LogP contribution is -2.19. The molecule has 0 amide bonds. The van der Waals surface area contributed by atoms with Crippen LogP contribution in [0.4, 0.5) is 10.2 Å². The zero-order valence-corrected chi connectivity index (χ0v) is 10.2. The smallest absolute Gasteiger partial charge is 0.224 e. The molecule has 4 nitrogen and oxygen atoms in total. The zero-order chi connectivity index (χ0) is 12.4. The molecule has 0 radical (unpaired) electrons. The van der Waals surface area contributed by atoms with Crippen LogP contribution < -0.4 is 4.90 Å². The SMILES string of the molecule is Cc1occc1CN(C)c1nc(Cl)ncc1F. The number of hydrogen-bond donors (Lipinski definition) is 0. The fourth-order valence-corrected chi connectivity index (χ4v) is 1.64. The molecule has 0 saturated carbocycles. The summed E-state index contributed by atoms with van der Waals surface area (Å²) in [6.45, 7) is 2.35. The van der Waals surface area contributed by atoms with Crippen molar-refractivity contribution in [1.29, 1.82) is 0 Å². The first-order chi connectivity index (χ1) is 8.08. The second kappa shape index (κ2) is 4.71. The van der Waals surface area contributed by atoms with Crippen LogP contribution >= 0.6 is 11.6 Å². The monoisotopic (exact) mass is 255 g/mol. The first-order valence-electron chi connectivity index (χ1n) is 5.00. The summed E-state index contributed by atoms with van der Waals surface area (Å²) in [4.78, 5) is 9.08. The lowest BCUT2D eigenvalue weighted by molar-refractivity contribution is 0.529. The Morgan fingerprint density at radius 1 is 1.53 bits per heavy atom. The summed E-state index contributed by atoms with van der Waals surface area (Å²) in [5.41, 5.74) is 0.974. The van der Waals surface area contributed by atoms with E-state index in [9.17, 15) is 4.39 Å². The molecule has 0 saturated heterocycles. The van der Waals surface area contributed by atoms with Gasteiger partial charge in [-0.3, -0.25) is 0 Å². The van der Waals surface area contributed by atoms with Gasteiger partial charge in [-0.2, -0.15) is 4.98 Å². The molecule has 0 fully saturated rings. The van der Waals surface area contributed by atoms with E-state index < -0.39 is 5.82 Å². The quantitative estimate of drug-likeness (QED) is 0.791. The molecule has 17 heavy (non-hydrogen) atoms. The van der Waals surface area contributed by atoms with E-state index in [0.717, 1.165) is 17.5 Å². The molecule has 0 aliphatic rings. The van der Waals surface area contributed by atoms with E-state index >= 15 is 0 Å². The Kier molecular flexibility index (Phi) is 3.28. The standard InChI is InChI=1S/C11H11ClFN3O/c1-7-8(3-4-17-7)6-16(2)10-9(13)5-14-11(12)15-10/h3-5H,6H2,1-2H3. The van der Waals surface area contributed by atoms with Crippen molar-refractivity contribution in [3.63, 3.8) is 0 Å². The van der Waals surface area contributed by atoms with Crippen molar-refractivity contribution in [1.82, 2.24) is 9.97 Å². The van der Waals surface area contributed by atoms with Gasteiger partial charge in [0.25, 0.3) is 0 Å². The molecule has 90 valence electrons. The van der Waals surface area contributed by atoms with Crippen LogP contribution in [0, 0.1) is 12.7 Å². The van der Waals surface area contributed by atoms with E-state index in [1.54, 1.807) is 18.2 Å². The van der Waals surface area contributed by atoms with E-state index in [1.807, 2.05) is 13.0 Å². The summed E-state index contributed by atoms with van der Waals surface area (Å²) in [6.07, 6.45) is 2.66. The molecule has 2 aromatic heterocycles. The molecular formula is C11H11ClFN3O. The van der Waals surface area contributed by atoms with Crippen LogP contribution in [0.3, 0.4) is 0 Å². The molecule has 0 atom stereocenters. The maximum absolute atomic E-state index is 13.5. The Bertz CT molecular complexity index is 529. The average Bonchev–Trinajstić information content (AvgIpc) is 2.68. The highest BCUT2D eigenvalue weighted by atomic mass is 35.5. The number of anilines is 1. The minimum absolute atomic E-state index is 0.0252. The van der Waals surface area contributed by atoms with Gasteiger partial charge >= 0.3 is 0 Å². The molecule has 2 rings (SSSR count). The fraction of sp³-hybridized carbons (Fsp3) is 0.273.